The van der Waals surface area contributed by atoms with Gasteiger partial charge in [0, 0.05) is 44.7 Å². The van der Waals surface area contributed by atoms with Crippen LogP contribution in [0.4, 0.5) is 0 Å². The van der Waals surface area contributed by atoms with Crippen molar-refractivity contribution in [1.82, 2.24) is 10.2 Å². The largest absolute Gasteiger partial charge is 0.497 e. The molecule has 0 aliphatic carbocycles. The summed E-state index contributed by atoms with van der Waals surface area (Å²) >= 11 is 0. The van der Waals surface area contributed by atoms with E-state index in [2.05, 4.69) is 28.2 Å². The van der Waals surface area contributed by atoms with Crippen LogP contribution in [-0.4, -0.2) is 52.8 Å². The fourth-order valence-electron chi connectivity index (χ4n) is 3.13. The van der Waals surface area contributed by atoms with Gasteiger partial charge in [0.1, 0.15) is 17.2 Å². The third-order valence-electron chi connectivity index (χ3n) is 4.71. The van der Waals surface area contributed by atoms with Gasteiger partial charge in [-0.05, 0) is 23.8 Å². The van der Waals surface area contributed by atoms with Crippen molar-refractivity contribution in [2.45, 2.75) is 19.4 Å². The van der Waals surface area contributed by atoms with Gasteiger partial charge in [-0.2, -0.15) is 0 Å². The highest BCUT2D eigenvalue weighted by Gasteiger charge is 2.14. The van der Waals surface area contributed by atoms with E-state index in [0.717, 1.165) is 35.3 Å². The number of rotatable bonds is 8. The predicted molar refractivity (Wildman–Crippen MR) is 129 cm³/mol. The van der Waals surface area contributed by atoms with Crippen molar-refractivity contribution < 1.29 is 14.2 Å². The van der Waals surface area contributed by atoms with Crippen molar-refractivity contribution in [2.24, 2.45) is 4.99 Å². The first-order valence-electron chi connectivity index (χ1n) is 9.29. The van der Waals surface area contributed by atoms with E-state index in [1.165, 1.54) is 5.56 Å². The monoisotopic (exact) mass is 513 g/mol. The molecule has 7 heteroatoms. The van der Waals surface area contributed by atoms with Crippen LogP contribution in [0.2, 0.25) is 0 Å². The Morgan fingerprint density at radius 1 is 1.03 bits per heavy atom. The van der Waals surface area contributed by atoms with Crippen LogP contribution in [-0.2, 0) is 6.54 Å². The van der Waals surface area contributed by atoms with E-state index in [1.54, 1.807) is 28.4 Å². The average molecular weight is 513 g/mol. The quantitative estimate of drug-likeness (QED) is 0.327. The molecule has 0 spiro atoms. The second-order valence-corrected chi connectivity index (χ2v) is 6.60. The highest BCUT2D eigenvalue weighted by Crippen LogP contribution is 2.26. The SMILES string of the molecule is CN=C(NCC(C)c1ccccc1OC)N(C)Cc1ccc(OC)cc1OC.I. The number of aliphatic imine (C=N–C) groups is 1. The number of benzene rings is 2. The lowest BCUT2D eigenvalue weighted by molar-refractivity contribution is 0.382. The molecule has 0 fully saturated rings. The molecule has 0 aliphatic rings. The van der Waals surface area contributed by atoms with Gasteiger partial charge in [0.15, 0.2) is 5.96 Å². The normalized spacial score (nSPS) is 11.9. The molecule has 0 aromatic heterocycles. The summed E-state index contributed by atoms with van der Waals surface area (Å²) in [5.41, 5.74) is 2.24. The summed E-state index contributed by atoms with van der Waals surface area (Å²) in [7, 11) is 8.81. The fourth-order valence-corrected chi connectivity index (χ4v) is 3.13. The van der Waals surface area contributed by atoms with Crippen molar-refractivity contribution in [2.75, 3.05) is 42.0 Å². The van der Waals surface area contributed by atoms with E-state index in [0.29, 0.717) is 6.54 Å². The van der Waals surface area contributed by atoms with E-state index in [4.69, 9.17) is 14.2 Å². The molecule has 1 atom stereocenters. The predicted octanol–water partition coefficient (Wildman–Crippen LogP) is 4.14. The van der Waals surface area contributed by atoms with Crippen molar-refractivity contribution >= 4 is 29.9 Å². The summed E-state index contributed by atoms with van der Waals surface area (Å²) in [6.07, 6.45) is 0. The summed E-state index contributed by atoms with van der Waals surface area (Å²) in [5.74, 6) is 3.57. The van der Waals surface area contributed by atoms with Crippen LogP contribution in [0.25, 0.3) is 0 Å². The zero-order valence-corrected chi connectivity index (χ0v) is 20.4. The lowest BCUT2D eigenvalue weighted by Crippen LogP contribution is -2.40. The van der Waals surface area contributed by atoms with Crippen LogP contribution in [0.5, 0.6) is 17.2 Å². The average Bonchev–Trinajstić information content (AvgIpc) is 2.74. The highest BCUT2D eigenvalue weighted by atomic mass is 127. The van der Waals surface area contributed by atoms with E-state index in [9.17, 15) is 0 Å². The number of hydrogen-bond donors (Lipinski definition) is 1. The summed E-state index contributed by atoms with van der Waals surface area (Å²) in [6, 6.07) is 13.9. The third kappa shape index (κ3) is 6.69. The lowest BCUT2D eigenvalue weighted by Gasteiger charge is -2.25. The van der Waals surface area contributed by atoms with Crippen LogP contribution in [0.3, 0.4) is 0 Å². The van der Waals surface area contributed by atoms with Crippen molar-refractivity contribution in [3.63, 3.8) is 0 Å². The maximum Gasteiger partial charge on any atom is 0.193 e. The number of ether oxygens (including phenoxy) is 3. The Labute approximate surface area is 191 Å². The molecule has 2 rings (SSSR count). The molecule has 1 unspecified atom stereocenters. The molecule has 160 valence electrons. The Kier molecular flexibility index (Phi) is 10.6. The van der Waals surface area contributed by atoms with Crippen molar-refractivity contribution in [3.8, 4) is 17.2 Å². The molecular formula is C22H32IN3O3. The Morgan fingerprint density at radius 2 is 1.72 bits per heavy atom. The molecule has 0 aliphatic heterocycles. The number of methoxy groups -OCH3 is 3. The van der Waals surface area contributed by atoms with E-state index >= 15 is 0 Å². The van der Waals surface area contributed by atoms with Gasteiger partial charge in [0.05, 0.1) is 21.3 Å². The molecule has 6 nitrogen and oxygen atoms in total. The zero-order chi connectivity index (χ0) is 20.5. The molecule has 29 heavy (non-hydrogen) atoms. The molecule has 0 amide bonds. The molecule has 0 heterocycles. The molecule has 0 radical (unpaired) electrons. The summed E-state index contributed by atoms with van der Waals surface area (Å²) in [4.78, 5) is 6.49. The molecule has 1 N–H and O–H groups in total. The van der Waals surface area contributed by atoms with Crippen LogP contribution in [0.1, 0.15) is 24.0 Å². The van der Waals surface area contributed by atoms with Crippen LogP contribution >= 0.6 is 24.0 Å². The topological polar surface area (TPSA) is 55.3 Å². The number of hydrogen-bond acceptors (Lipinski definition) is 4. The Balaban J connectivity index is 0.00000420. The lowest BCUT2D eigenvalue weighted by atomic mass is 10.0. The maximum absolute atomic E-state index is 5.50. The first-order valence-corrected chi connectivity index (χ1v) is 9.29. The Morgan fingerprint density at radius 3 is 2.34 bits per heavy atom. The van der Waals surface area contributed by atoms with Gasteiger partial charge in [-0.3, -0.25) is 4.99 Å². The summed E-state index contributed by atoms with van der Waals surface area (Å²) in [5, 5.41) is 3.45. The Bertz CT molecular complexity index is 799. The van der Waals surface area contributed by atoms with Gasteiger partial charge in [-0.25, -0.2) is 0 Å². The van der Waals surface area contributed by atoms with Crippen molar-refractivity contribution in [1.29, 1.82) is 0 Å². The molecule has 2 aromatic rings. The molecular weight excluding hydrogens is 481 g/mol. The smallest absolute Gasteiger partial charge is 0.193 e. The van der Waals surface area contributed by atoms with Crippen LogP contribution < -0.4 is 19.5 Å². The van der Waals surface area contributed by atoms with Gasteiger partial charge in [-0.15, -0.1) is 24.0 Å². The number of nitrogens with zero attached hydrogens (tertiary/aromatic N) is 2. The van der Waals surface area contributed by atoms with Crippen molar-refractivity contribution in [3.05, 3.63) is 53.6 Å². The van der Waals surface area contributed by atoms with Crippen LogP contribution in [0, 0.1) is 0 Å². The van der Waals surface area contributed by atoms with Crippen LogP contribution in [0.15, 0.2) is 47.5 Å². The minimum Gasteiger partial charge on any atom is -0.497 e. The minimum absolute atomic E-state index is 0. The fraction of sp³-hybridized carbons (Fsp3) is 0.409. The second-order valence-electron chi connectivity index (χ2n) is 6.60. The van der Waals surface area contributed by atoms with Gasteiger partial charge >= 0.3 is 0 Å². The van der Waals surface area contributed by atoms with E-state index in [1.807, 2.05) is 43.4 Å². The first kappa shape index (κ1) is 24.9. The molecule has 0 saturated carbocycles. The molecule has 0 bridgehead atoms. The standard InChI is InChI=1S/C22H31N3O3.HI/c1-16(19-9-7-8-10-20(19)27-5)14-24-22(23-2)25(3)15-17-11-12-18(26-4)13-21(17)28-6;/h7-13,16H,14-15H2,1-6H3,(H,23,24);1H. The van der Waals surface area contributed by atoms with E-state index < -0.39 is 0 Å². The van der Waals surface area contributed by atoms with Gasteiger partial charge in [0.25, 0.3) is 0 Å². The number of para-hydroxylation sites is 1. The maximum atomic E-state index is 5.50. The highest BCUT2D eigenvalue weighted by molar-refractivity contribution is 14.0. The zero-order valence-electron chi connectivity index (χ0n) is 18.1. The van der Waals surface area contributed by atoms with Gasteiger partial charge in [-0.1, -0.05) is 25.1 Å². The Hall–Kier alpha value is -2.16. The van der Waals surface area contributed by atoms with Gasteiger partial charge in [0.2, 0.25) is 0 Å². The summed E-state index contributed by atoms with van der Waals surface area (Å²) in [6.45, 7) is 3.58. The minimum atomic E-state index is 0. The third-order valence-corrected chi connectivity index (χ3v) is 4.71. The first-order chi connectivity index (χ1) is 13.5. The molecule has 2 aromatic carbocycles. The number of nitrogens with one attached hydrogen (secondary N) is 1. The second kappa shape index (κ2) is 12.4. The van der Waals surface area contributed by atoms with Gasteiger partial charge < -0.3 is 24.4 Å². The summed E-state index contributed by atoms with van der Waals surface area (Å²) < 4.78 is 16.3. The van der Waals surface area contributed by atoms with E-state index in [-0.39, 0.29) is 29.9 Å². The molecule has 0 saturated heterocycles. The number of halogens is 1. The number of guanidine groups is 1.